The molecule has 4 nitrogen and oxygen atoms in total. The van der Waals surface area contributed by atoms with Crippen molar-refractivity contribution >= 4 is 28.6 Å². The first kappa shape index (κ1) is 18.8. The van der Waals surface area contributed by atoms with Crippen LogP contribution in [0.15, 0.2) is 29.2 Å². The van der Waals surface area contributed by atoms with Crippen LogP contribution < -0.4 is 5.32 Å². The third-order valence-corrected chi connectivity index (χ3v) is 5.58. The van der Waals surface area contributed by atoms with E-state index in [1.807, 2.05) is 24.3 Å². The molecule has 1 aromatic rings. The predicted octanol–water partition coefficient (Wildman–Crippen LogP) is 5.15. The van der Waals surface area contributed by atoms with Crippen molar-refractivity contribution in [2.24, 2.45) is 5.92 Å². The summed E-state index contributed by atoms with van der Waals surface area (Å²) in [5.41, 5.74) is 0.723. The molecule has 1 aliphatic rings. The van der Waals surface area contributed by atoms with E-state index in [-0.39, 0.29) is 11.1 Å². The molecule has 1 aromatic carbocycles. The molecule has 0 spiro atoms. The Morgan fingerprint density at radius 2 is 1.88 bits per heavy atom. The monoisotopic (exact) mass is 348 g/mol. The first-order valence-electron chi connectivity index (χ1n) is 8.84. The molecule has 24 heavy (non-hydrogen) atoms. The van der Waals surface area contributed by atoms with Gasteiger partial charge in [-0.1, -0.05) is 44.2 Å². The van der Waals surface area contributed by atoms with Crippen LogP contribution in [0.25, 0.3) is 0 Å². The van der Waals surface area contributed by atoms with E-state index in [0.29, 0.717) is 6.42 Å². The highest BCUT2D eigenvalue weighted by atomic mass is 32.2. The molecule has 0 unspecified atom stereocenters. The van der Waals surface area contributed by atoms with Crippen LogP contribution in [0.1, 0.15) is 51.4 Å². The lowest BCUT2D eigenvalue weighted by Gasteiger charge is -2.21. The van der Waals surface area contributed by atoms with Crippen molar-refractivity contribution in [1.82, 2.24) is 4.90 Å². The topological polar surface area (TPSA) is 49.4 Å². The van der Waals surface area contributed by atoms with Crippen LogP contribution in [0.2, 0.25) is 0 Å². The Morgan fingerprint density at radius 3 is 2.58 bits per heavy atom. The average molecular weight is 349 g/mol. The molecule has 0 radical (unpaired) electrons. The number of anilines is 1. The number of carbonyl (C=O) groups is 2. The molecular formula is C19H28N2O2S. The van der Waals surface area contributed by atoms with Gasteiger partial charge < -0.3 is 10.2 Å². The molecule has 0 aromatic heterocycles. The smallest absolute Gasteiger partial charge is 0.286 e. The second-order valence-corrected chi connectivity index (χ2v) is 7.70. The van der Waals surface area contributed by atoms with E-state index in [0.717, 1.165) is 41.1 Å². The van der Waals surface area contributed by atoms with Gasteiger partial charge in [-0.15, -0.1) is 0 Å². The zero-order valence-corrected chi connectivity index (χ0v) is 15.5. The van der Waals surface area contributed by atoms with Crippen molar-refractivity contribution in [2.75, 3.05) is 19.4 Å². The Balaban J connectivity index is 1.81. The highest BCUT2D eigenvalue weighted by Crippen LogP contribution is 2.30. The van der Waals surface area contributed by atoms with E-state index in [2.05, 4.69) is 5.32 Å². The maximum atomic E-state index is 12.2. The van der Waals surface area contributed by atoms with Crippen LogP contribution >= 0.6 is 11.8 Å². The number of nitrogens with one attached hydrogen (secondary N) is 1. The van der Waals surface area contributed by atoms with Crippen molar-refractivity contribution in [3.05, 3.63) is 24.3 Å². The van der Waals surface area contributed by atoms with Gasteiger partial charge in [-0.25, -0.2) is 0 Å². The van der Waals surface area contributed by atoms with Gasteiger partial charge in [-0.2, -0.15) is 0 Å². The number of para-hydroxylation sites is 1. The third kappa shape index (κ3) is 6.19. The molecule has 1 saturated carbocycles. The number of hydrogen-bond acceptors (Lipinski definition) is 3. The van der Waals surface area contributed by atoms with E-state index >= 15 is 0 Å². The summed E-state index contributed by atoms with van der Waals surface area (Å²) in [4.78, 5) is 26.4. The lowest BCUT2D eigenvalue weighted by Crippen LogP contribution is -2.17. The number of benzene rings is 1. The Kier molecular flexibility index (Phi) is 7.63. The van der Waals surface area contributed by atoms with Crippen LogP contribution in [0.4, 0.5) is 10.5 Å². The zero-order chi connectivity index (χ0) is 17.4. The van der Waals surface area contributed by atoms with Crippen molar-refractivity contribution in [2.45, 2.75) is 56.3 Å². The fraction of sp³-hybridized carbons (Fsp3) is 0.579. The summed E-state index contributed by atoms with van der Waals surface area (Å²) in [6.07, 6.45) is 9.38. The summed E-state index contributed by atoms with van der Waals surface area (Å²) in [5.74, 6) is 0.850. The minimum atomic E-state index is -0.0472. The summed E-state index contributed by atoms with van der Waals surface area (Å²) in [7, 11) is 3.45. The third-order valence-electron chi connectivity index (χ3n) is 4.46. The summed E-state index contributed by atoms with van der Waals surface area (Å²) >= 11 is 1.14. The van der Waals surface area contributed by atoms with Gasteiger partial charge in [-0.3, -0.25) is 9.59 Å². The first-order valence-corrected chi connectivity index (χ1v) is 9.66. The second-order valence-electron chi connectivity index (χ2n) is 6.70. The molecule has 1 aliphatic carbocycles. The highest BCUT2D eigenvalue weighted by molar-refractivity contribution is 8.13. The van der Waals surface area contributed by atoms with Crippen molar-refractivity contribution in [1.29, 1.82) is 0 Å². The summed E-state index contributed by atoms with van der Waals surface area (Å²) in [6, 6.07) is 7.47. The fourth-order valence-electron chi connectivity index (χ4n) is 3.08. The second kappa shape index (κ2) is 9.72. The Bertz CT molecular complexity index is 554. The molecular weight excluding hydrogens is 320 g/mol. The maximum Gasteiger partial charge on any atom is 0.286 e. The molecule has 0 saturated heterocycles. The Labute approximate surface area is 149 Å². The SMILES string of the molecule is CN(C)C(=O)Sc1ccccc1NC(=O)CCCC1CCCCC1. The largest absolute Gasteiger partial charge is 0.339 e. The van der Waals surface area contributed by atoms with Crippen LogP contribution in [0.5, 0.6) is 0 Å². The molecule has 1 N–H and O–H groups in total. The van der Waals surface area contributed by atoms with Gasteiger partial charge >= 0.3 is 0 Å². The molecule has 132 valence electrons. The van der Waals surface area contributed by atoms with Crippen LogP contribution in [0, 0.1) is 5.92 Å². The molecule has 0 bridgehead atoms. The quantitative estimate of drug-likeness (QED) is 0.723. The predicted molar refractivity (Wildman–Crippen MR) is 100 cm³/mol. The van der Waals surface area contributed by atoms with Crippen LogP contribution in [0.3, 0.4) is 0 Å². The normalized spacial score (nSPS) is 15.1. The van der Waals surface area contributed by atoms with E-state index < -0.39 is 0 Å². The number of rotatable bonds is 6. The standard InChI is InChI=1S/C19H28N2O2S/c1-21(2)19(23)24-17-13-7-6-12-16(17)20-18(22)14-8-11-15-9-4-3-5-10-15/h6-7,12-13,15H,3-5,8-11,14H2,1-2H3,(H,20,22). The van der Waals surface area contributed by atoms with Crippen LogP contribution in [-0.2, 0) is 4.79 Å². The zero-order valence-electron chi connectivity index (χ0n) is 14.7. The molecule has 1 fully saturated rings. The Hall–Kier alpha value is -1.49. The van der Waals surface area contributed by atoms with E-state index in [1.54, 1.807) is 14.1 Å². The molecule has 5 heteroatoms. The van der Waals surface area contributed by atoms with Gasteiger partial charge in [0.25, 0.3) is 5.24 Å². The van der Waals surface area contributed by atoms with Gasteiger partial charge in [0.1, 0.15) is 0 Å². The number of carbonyl (C=O) groups excluding carboxylic acids is 2. The molecule has 0 atom stereocenters. The highest BCUT2D eigenvalue weighted by Gasteiger charge is 2.15. The van der Waals surface area contributed by atoms with E-state index in [4.69, 9.17) is 0 Å². The summed E-state index contributed by atoms with van der Waals surface area (Å²) < 4.78 is 0. The van der Waals surface area contributed by atoms with Crippen molar-refractivity contribution < 1.29 is 9.59 Å². The number of amides is 2. The van der Waals surface area contributed by atoms with Gasteiger partial charge in [0, 0.05) is 25.4 Å². The Morgan fingerprint density at radius 1 is 1.17 bits per heavy atom. The fourth-order valence-corrected chi connectivity index (χ4v) is 3.83. The number of hydrogen-bond donors (Lipinski definition) is 1. The van der Waals surface area contributed by atoms with Gasteiger partial charge in [0.2, 0.25) is 5.91 Å². The first-order chi connectivity index (χ1) is 11.6. The average Bonchev–Trinajstić information content (AvgIpc) is 2.57. The van der Waals surface area contributed by atoms with E-state index in [9.17, 15) is 9.59 Å². The minimum Gasteiger partial charge on any atom is -0.339 e. The number of nitrogens with zero attached hydrogens (tertiary/aromatic N) is 1. The minimum absolute atomic E-state index is 0.0381. The van der Waals surface area contributed by atoms with Gasteiger partial charge in [0.05, 0.1) is 5.69 Å². The van der Waals surface area contributed by atoms with Crippen LogP contribution in [-0.4, -0.2) is 30.1 Å². The molecule has 2 amide bonds. The van der Waals surface area contributed by atoms with Gasteiger partial charge in [-0.05, 0) is 42.7 Å². The summed E-state index contributed by atoms with van der Waals surface area (Å²) in [6.45, 7) is 0. The lowest BCUT2D eigenvalue weighted by molar-refractivity contribution is -0.116. The van der Waals surface area contributed by atoms with E-state index in [1.165, 1.54) is 37.0 Å². The number of thioether (sulfide) groups is 1. The molecule has 2 rings (SSSR count). The van der Waals surface area contributed by atoms with Crippen molar-refractivity contribution in [3.63, 3.8) is 0 Å². The van der Waals surface area contributed by atoms with Crippen molar-refractivity contribution in [3.8, 4) is 0 Å². The molecule has 0 heterocycles. The lowest BCUT2D eigenvalue weighted by atomic mass is 9.86. The maximum absolute atomic E-state index is 12.2. The molecule has 0 aliphatic heterocycles. The summed E-state index contributed by atoms with van der Waals surface area (Å²) in [5, 5.41) is 2.91. The van der Waals surface area contributed by atoms with Gasteiger partial charge in [0.15, 0.2) is 0 Å².